The number of piperazine rings is 1. The Kier molecular flexibility index (Phi) is 9.22. The highest BCUT2D eigenvalue weighted by Gasteiger charge is 2.15. The van der Waals surface area contributed by atoms with Gasteiger partial charge in [0, 0.05) is 50.2 Å². The zero-order valence-corrected chi connectivity index (χ0v) is 16.5. The van der Waals surface area contributed by atoms with Crippen molar-refractivity contribution in [1.29, 1.82) is 0 Å². The van der Waals surface area contributed by atoms with Crippen molar-refractivity contribution in [2.75, 3.05) is 45.9 Å². The van der Waals surface area contributed by atoms with Crippen LogP contribution in [0.25, 0.3) is 11.0 Å². The van der Waals surface area contributed by atoms with Gasteiger partial charge in [0.1, 0.15) is 5.58 Å². The summed E-state index contributed by atoms with van der Waals surface area (Å²) in [6, 6.07) is 6.16. The van der Waals surface area contributed by atoms with Gasteiger partial charge in [-0.2, -0.15) is 0 Å². The molecule has 1 aliphatic rings. The third kappa shape index (κ3) is 5.77. The van der Waals surface area contributed by atoms with Crippen LogP contribution in [-0.4, -0.2) is 60.8 Å². The highest BCUT2D eigenvalue weighted by Crippen LogP contribution is 2.30. The molecule has 0 amide bonds. The number of ether oxygens (including phenoxy) is 1. The maximum Gasteiger partial charge on any atom is 0.336 e. The largest absolute Gasteiger partial charge is 0.504 e. The second-order valence-electron chi connectivity index (χ2n) is 6.09. The molecule has 0 radical (unpaired) electrons. The Hall–Kier alpha value is -1.47. The molecule has 0 atom stereocenters. The second-order valence-corrected chi connectivity index (χ2v) is 6.09. The van der Waals surface area contributed by atoms with Gasteiger partial charge in [0.05, 0.1) is 6.61 Å². The Morgan fingerprint density at radius 1 is 1.12 bits per heavy atom. The third-order valence-electron chi connectivity index (χ3n) is 4.49. The van der Waals surface area contributed by atoms with E-state index in [2.05, 4.69) is 16.7 Å². The summed E-state index contributed by atoms with van der Waals surface area (Å²) in [5, 5.41) is 10.7. The lowest BCUT2D eigenvalue weighted by molar-refractivity contribution is 0.130. The molecule has 2 heterocycles. The smallest absolute Gasteiger partial charge is 0.336 e. The minimum Gasteiger partial charge on any atom is -0.504 e. The zero-order chi connectivity index (χ0) is 16.9. The molecule has 3 rings (SSSR count). The predicted molar refractivity (Wildman–Crippen MR) is 107 cm³/mol. The highest BCUT2D eigenvalue weighted by molar-refractivity contribution is 5.85. The number of halogens is 2. The minimum atomic E-state index is -0.432. The number of nitrogens with zero attached hydrogens (tertiary/aromatic N) is 2. The van der Waals surface area contributed by atoms with Crippen LogP contribution in [0, 0.1) is 0 Å². The van der Waals surface area contributed by atoms with E-state index in [9.17, 15) is 9.90 Å². The quantitative estimate of drug-likeness (QED) is 0.589. The Labute approximate surface area is 165 Å². The topological polar surface area (TPSA) is 66.2 Å². The van der Waals surface area contributed by atoms with Gasteiger partial charge in [0.25, 0.3) is 0 Å². The SMILES string of the molecule is CCN1CCN(CCCOc2cc3ccc(=O)oc3cc2O)CC1.Cl.Cl. The van der Waals surface area contributed by atoms with Crippen molar-refractivity contribution in [3.63, 3.8) is 0 Å². The number of fused-ring (bicyclic) bond motifs is 1. The van der Waals surface area contributed by atoms with Crippen LogP contribution < -0.4 is 10.4 Å². The fraction of sp³-hybridized carbons (Fsp3) is 0.500. The van der Waals surface area contributed by atoms with Gasteiger partial charge in [-0.25, -0.2) is 4.79 Å². The normalized spacial score (nSPS) is 15.3. The summed E-state index contributed by atoms with van der Waals surface area (Å²) >= 11 is 0. The summed E-state index contributed by atoms with van der Waals surface area (Å²) in [4.78, 5) is 16.1. The summed E-state index contributed by atoms with van der Waals surface area (Å²) in [5.41, 5.74) is -0.0696. The number of rotatable bonds is 6. The summed E-state index contributed by atoms with van der Waals surface area (Å²) in [6.45, 7) is 9.35. The number of aromatic hydroxyl groups is 1. The maximum absolute atomic E-state index is 11.2. The maximum atomic E-state index is 11.2. The van der Waals surface area contributed by atoms with Gasteiger partial charge in [-0.1, -0.05) is 6.92 Å². The number of benzene rings is 1. The van der Waals surface area contributed by atoms with Gasteiger partial charge in [-0.15, -0.1) is 24.8 Å². The second kappa shape index (κ2) is 10.6. The van der Waals surface area contributed by atoms with Crippen molar-refractivity contribution in [2.24, 2.45) is 0 Å². The summed E-state index contributed by atoms with van der Waals surface area (Å²) in [6.07, 6.45) is 0.910. The van der Waals surface area contributed by atoms with E-state index in [0.717, 1.165) is 51.1 Å². The fourth-order valence-corrected chi connectivity index (χ4v) is 3.00. The van der Waals surface area contributed by atoms with Crippen molar-refractivity contribution in [3.05, 3.63) is 34.7 Å². The van der Waals surface area contributed by atoms with Gasteiger partial charge in [-0.05, 0) is 25.1 Å². The first-order valence-corrected chi connectivity index (χ1v) is 8.50. The Balaban J connectivity index is 0.00000169. The first kappa shape index (κ1) is 22.6. The van der Waals surface area contributed by atoms with E-state index < -0.39 is 5.63 Å². The van der Waals surface area contributed by atoms with E-state index in [1.807, 2.05) is 0 Å². The van der Waals surface area contributed by atoms with Gasteiger partial charge < -0.3 is 24.1 Å². The fourth-order valence-electron chi connectivity index (χ4n) is 3.00. The number of phenols is 1. The van der Waals surface area contributed by atoms with Crippen LogP contribution in [0.4, 0.5) is 0 Å². The first-order valence-electron chi connectivity index (χ1n) is 8.50. The van der Waals surface area contributed by atoms with Gasteiger partial charge >= 0.3 is 5.63 Å². The predicted octanol–water partition coefficient (Wildman–Crippen LogP) is 2.75. The number of likely N-dealkylation sites (N-methyl/N-ethyl adjacent to an activating group) is 1. The van der Waals surface area contributed by atoms with Crippen LogP contribution in [0.3, 0.4) is 0 Å². The average molecular weight is 405 g/mol. The van der Waals surface area contributed by atoms with Crippen molar-refractivity contribution in [2.45, 2.75) is 13.3 Å². The van der Waals surface area contributed by atoms with Gasteiger partial charge in [0.2, 0.25) is 0 Å². The van der Waals surface area contributed by atoms with E-state index in [4.69, 9.17) is 9.15 Å². The van der Waals surface area contributed by atoms with Crippen LogP contribution in [0.15, 0.2) is 33.5 Å². The van der Waals surface area contributed by atoms with Crippen molar-refractivity contribution < 1.29 is 14.3 Å². The van der Waals surface area contributed by atoms with E-state index in [1.165, 1.54) is 12.1 Å². The molecule has 1 saturated heterocycles. The lowest BCUT2D eigenvalue weighted by Gasteiger charge is -2.33. The Bertz CT molecular complexity index is 746. The lowest BCUT2D eigenvalue weighted by atomic mass is 10.2. The molecule has 8 heteroatoms. The van der Waals surface area contributed by atoms with Crippen molar-refractivity contribution >= 4 is 35.8 Å². The van der Waals surface area contributed by atoms with Crippen LogP contribution >= 0.6 is 24.8 Å². The van der Waals surface area contributed by atoms with E-state index in [0.29, 0.717) is 17.9 Å². The van der Waals surface area contributed by atoms with Crippen molar-refractivity contribution in [1.82, 2.24) is 9.80 Å². The van der Waals surface area contributed by atoms with Crippen LogP contribution in [-0.2, 0) is 0 Å². The Morgan fingerprint density at radius 2 is 1.81 bits per heavy atom. The molecule has 146 valence electrons. The highest BCUT2D eigenvalue weighted by atomic mass is 35.5. The first-order chi connectivity index (χ1) is 11.7. The molecule has 0 bridgehead atoms. The molecule has 0 spiro atoms. The molecule has 1 fully saturated rings. The summed E-state index contributed by atoms with van der Waals surface area (Å²) < 4.78 is 10.7. The van der Waals surface area contributed by atoms with Crippen molar-refractivity contribution in [3.8, 4) is 11.5 Å². The molecule has 0 aliphatic carbocycles. The average Bonchev–Trinajstić information content (AvgIpc) is 2.59. The van der Waals surface area contributed by atoms with Gasteiger partial charge in [0.15, 0.2) is 11.5 Å². The van der Waals surface area contributed by atoms with Crippen LogP contribution in [0.5, 0.6) is 11.5 Å². The van der Waals surface area contributed by atoms with Crippen LogP contribution in [0.1, 0.15) is 13.3 Å². The number of phenolic OH excluding ortho intramolecular Hbond substituents is 1. The molecular formula is C18H26Cl2N2O4. The molecule has 26 heavy (non-hydrogen) atoms. The number of hydrogen-bond acceptors (Lipinski definition) is 6. The third-order valence-corrected chi connectivity index (χ3v) is 4.49. The molecule has 2 aromatic rings. The lowest BCUT2D eigenvalue weighted by Crippen LogP contribution is -2.46. The molecule has 6 nitrogen and oxygen atoms in total. The molecule has 1 aromatic heterocycles. The zero-order valence-electron chi connectivity index (χ0n) is 14.8. The monoisotopic (exact) mass is 404 g/mol. The molecule has 1 aliphatic heterocycles. The van der Waals surface area contributed by atoms with Gasteiger partial charge in [-0.3, -0.25) is 0 Å². The molecule has 1 N–H and O–H groups in total. The molecule has 0 saturated carbocycles. The summed E-state index contributed by atoms with van der Waals surface area (Å²) in [7, 11) is 0. The van der Waals surface area contributed by atoms with Crippen LogP contribution in [0.2, 0.25) is 0 Å². The standard InChI is InChI=1S/C18H24N2O4.2ClH/c1-2-19-7-9-20(10-8-19)6-3-11-23-17-12-14-4-5-18(22)24-16(14)13-15(17)21;;/h4-5,12-13,21H,2-3,6-11H2,1H3;2*1H. The minimum absolute atomic E-state index is 0. The van der Waals surface area contributed by atoms with E-state index in [-0.39, 0.29) is 30.6 Å². The van der Waals surface area contributed by atoms with E-state index >= 15 is 0 Å². The molecular weight excluding hydrogens is 379 g/mol. The Morgan fingerprint density at radius 3 is 2.50 bits per heavy atom. The summed E-state index contributed by atoms with van der Waals surface area (Å²) in [5.74, 6) is 0.417. The molecule has 1 aromatic carbocycles. The molecule has 0 unspecified atom stereocenters. The number of hydrogen-bond donors (Lipinski definition) is 1. The van der Waals surface area contributed by atoms with E-state index in [1.54, 1.807) is 12.1 Å².